The molecule has 1 atom stereocenters. The molecule has 4 rings (SSSR count). The number of rotatable bonds is 6. The Kier molecular flexibility index (Phi) is 5.69. The number of hydrogen-bond donors (Lipinski definition) is 2. The summed E-state index contributed by atoms with van der Waals surface area (Å²) in [5.41, 5.74) is 7.66. The first-order valence-corrected chi connectivity index (χ1v) is 10.7. The molecule has 162 valence electrons. The quantitative estimate of drug-likeness (QED) is 0.599. The molecule has 0 saturated heterocycles. The fraction of sp³-hybridized carbons (Fsp3) is 0.318. The smallest absolute Gasteiger partial charge is 0.278 e. The highest BCUT2D eigenvalue weighted by atomic mass is 32.1. The molecule has 2 heterocycles. The highest BCUT2D eigenvalue weighted by molar-refractivity contribution is 7.17. The number of thiophene rings is 1. The topological polar surface area (TPSA) is 117 Å². The number of nitrogens with one attached hydrogen (secondary N) is 1. The number of nitrogens with zero attached hydrogens (tertiary/aromatic N) is 1. The summed E-state index contributed by atoms with van der Waals surface area (Å²) in [6.07, 6.45) is 2.65. The molecular weight excluding hydrogens is 418 g/mol. The van der Waals surface area contributed by atoms with Crippen LogP contribution in [0.3, 0.4) is 0 Å². The molecule has 1 aliphatic carbocycles. The lowest BCUT2D eigenvalue weighted by atomic mass is 9.88. The molecule has 0 saturated carbocycles. The van der Waals surface area contributed by atoms with Gasteiger partial charge in [-0.25, -0.2) is 0 Å². The molecule has 3 N–H and O–H groups in total. The van der Waals surface area contributed by atoms with Crippen molar-refractivity contribution < 1.29 is 23.6 Å². The second kappa shape index (κ2) is 8.43. The van der Waals surface area contributed by atoms with Gasteiger partial charge < -0.3 is 25.0 Å². The molecule has 1 aromatic carbocycles. The van der Waals surface area contributed by atoms with Gasteiger partial charge in [-0.2, -0.15) is 0 Å². The van der Waals surface area contributed by atoms with Crippen LogP contribution in [0.25, 0.3) is 11.3 Å². The number of primary amides is 1. The summed E-state index contributed by atoms with van der Waals surface area (Å²) in [5, 5.41) is 7.15. The van der Waals surface area contributed by atoms with Crippen LogP contribution < -0.4 is 20.5 Å². The van der Waals surface area contributed by atoms with Crippen molar-refractivity contribution in [1.82, 2.24) is 5.16 Å². The van der Waals surface area contributed by atoms with Crippen LogP contribution in [-0.2, 0) is 12.8 Å². The summed E-state index contributed by atoms with van der Waals surface area (Å²) in [4.78, 5) is 26.0. The van der Waals surface area contributed by atoms with Crippen LogP contribution in [-0.4, -0.2) is 31.2 Å². The number of fused-ring (bicyclic) bond motifs is 1. The van der Waals surface area contributed by atoms with Crippen LogP contribution in [0, 0.1) is 5.92 Å². The minimum atomic E-state index is -0.538. The normalized spacial score (nSPS) is 15.3. The molecule has 9 heteroatoms. The van der Waals surface area contributed by atoms with Gasteiger partial charge in [-0.1, -0.05) is 12.1 Å². The fourth-order valence-corrected chi connectivity index (χ4v) is 5.19. The van der Waals surface area contributed by atoms with Crippen molar-refractivity contribution in [2.75, 3.05) is 19.5 Å². The van der Waals surface area contributed by atoms with Gasteiger partial charge in [0.15, 0.2) is 11.5 Å². The summed E-state index contributed by atoms with van der Waals surface area (Å²) < 4.78 is 16.0. The van der Waals surface area contributed by atoms with E-state index >= 15 is 0 Å². The molecule has 31 heavy (non-hydrogen) atoms. The predicted octanol–water partition coefficient (Wildman–Crippen LogP) is 3.90. The number of methoxy groups -OCH3 is 2. The number of anilines is 1. The van der Waals surface area contributed by atoms with E-state index in [9.17, 15) is 9.59 Å². The molecule has 3 aromatic rings. The molecule has 8 nitrogen and oxygen atoms in total. The molecule has 0 bridgehead atoms. The van der Waals surface area contributed by atoms with Gasteiger partial charge in [0.25, 0.3) is 11.8 Å². The van der Waals surface area contributed by atoms with Crippen molar-refractivity contribution in [2.24, 2.45) is 11.7 Å². The van der Waals surface area contributed by atoms with E-state index in [0.29, 0.717) is 39.3 Å². The van der Waals surface area contributed by atoms with Gasteiger partial charge in [-0.3, -0.25) is 9.59 Å². The van der Waals surface area contributed by atoms with Gasteiger partial charge in [-0.15, -0.1) is 11.3 Å². The summed E-state index contributed by atoms with van der Waals surface area (Å²) in [6, 6.07) is 6.76. The Morgan fingerprint density at radius 2 is 2.06 bits per heavy atom. The molecular formula is C22H23N3O5S. The Labute approximate surface area is 183 Å². The lowest BCUT2D eigenvalue weighted by Gasteiger charge is -2.18. The molecule has 0 aliphatic heterocycles. The largest absolute Gasteiger partial charge is 0.497 e. The summed E-state index contributed by atoms with van der Waals surface area (Å²) >= 11 is 1.40. The van der Waals surface area contributed by atoms with E-state index in [1.54, 1.807) is 32.4 Å². The highest BCUT2D eigenvalue weighted by Crippen LogP contribution is 2.40. The molecule has 1 aliphatic rings. The van der Waals surface area contributed by atoms with Crippen LogP contribution in [0.5, 0.6) is 11.5 Å². The Hall–Kier alpha value is -3.33. The minimum absolute atomic E-state index is 0.0787. The zero-order valence-electron chi connectivity index (χ0n) is 17.5. The van der Waals surface area contributed by atoms with Crippen LogP contribution in [0.4, 0.5) is 5.00 Å². The third kappa shape index (κ3) is 4.00. The van der Waals surface area contributed by atoms with E-state index < -0.39 is 11.8 Å². The molecule has 0 spiro atoms. The number of benzene rings is 1. The number of hydrogen-bond acceptors (Lipinski definition) is 7. The maximum Gasteiger partial charge on any atom is 0.278 e. The molecule has 2 aromatic heterocycles. The number of nitrogens with two attached hydrogens (primary N) is 1. The fourth-order valence-electron chi connectivity index (χ4n) is 3.78. The van der Waals surface area contributed by atoms with Crippen molar-refractivity contribution in [2.45, 2.75) is 26.2 Å². The third-order valence-corrected chi connectivity index (χ3v) is 6.57. The number of carbonyl (C=O) groups excluding carboxylic acids is 2. The molecule has 0 fully saturated rings. The van der Waals surface area contributed by atoms with E-state index in [4.69, 9.17) is 19.7 Å². The Morgan fingerprint density at radius 3 is 2.77 bits per heavy atom. The number of aromatic nitrogens is 1. The van der Waals surface area contributed by atoms with Gasteiger partial charge in [0.05, 0.1) is 25.3 Å². The second-order valence-corrected chi connectivity index (χ2v) is 8.62. The average Bonchev–Trinajstić information content (AvgIpc) is 3.37. The summed E-state index contributed by atoms with van der Waals surface area (Å²) in [5.74, 6) is 1.04. The van der Waals surface area contributed by atoms with Gasteiger partial charge >= 0.3 is 0 Å². The first-order valence-electron chi connectivity index (χ1n) is 9.86. The average molecular weight is 442 g/mol. The first-order chi connectivity index (χ1) is 14.9. The van der Waals surface area contributed by atoms with Crippen LogP contribution >= 0.6 is 11.3 Å². The first kappa shape index (κ1) is 20.9. The lowest BCUT2D eigenvalue weighted by molar-refractivity contribution is 0.1000. The summed E-state index contributed by atoms with van der Waals surface area (Å²) in [7, 11) is 3.10. The van der Waals surface area contributed by atoms with E-state index in [-0.39, 0.29) is 5.69 Å². The monoisotopic (exact) mass is 441 g/mol. The van der Waals surface area contributed by atoms with Gasteiger partial charge in [0.1, 0.15) is 16.5 Å². The zero-order valence-corrected chi connectivity index (χ0v) is 18.3. The Morgan fingerprint density at radius 1 is 1.26 bits per heavy atom. The maximum atomic E-state index is 12.9. The SMILES string of the molecule is COc1ccc(OC)c(-c2cc(C(=O)Nc3sc4c(c3C(N)=O)CC[C@H](C)C4)no2)c1. The number of ether oxygens (including phenoxy) is 2. The van der Waals surface area contributed by atoms with Crippen molar-refractivity contribution in [3.8, 4) is 22.8 Å². The Bertz CT molecular complexity index is 1150. The van der Waals surface area contributed by atoms with E-state index in [2.05, 4.69) is 17.4 Å². The van der Waals surface area contributed by atoms with Crippen molar-refractivity contribution >= 4 is 28.2 Å². The zero-order chi connectivity index (χ0) is 22.1. The van der Waals surface area contributed by atoms with Gasteiger partial charge in [-0.05, 0) is 48.9 Å². The van der Waals surface area contributed by atoms with Crippen molar-refractivity contribution in [3.05, 3.63) is 46.0 Å². The Balaban J connectivity index is 1.62. The molecule has 2 amide bonds. The van der Waals surface area contributed by atoms with Crippen molar-refractivity contribution in [1.29, 1.82) is 0 Å². The predicted molar refractivity (Wildman–Crippen MR) is 117 cm³/mol. The standard InChI is InChI=1S/C22H23N3O5S/c1-11-4-6-13-18(8-11)31-22(19(13)20(23)26)24-21(27)15-10-17(30-25-15)14-9-12(28-2)5-7-16(14)29-3/h5,7,9-11H,4,6,8H2,1-3H3,(H2,23,26)(H,24,27)/t11-/m0/s1. The second-order valence-electron chi connectivity index (χ2n) is 7.52. The maximum absolute atomic E-state index is 12.9. The summed E-state index contributed by atoms with van der Waals surface area (Å²) in [6.45, 7) is 2.18. The third-order valence-electron chi connectivity index (χ3n) is 5.40. The van der Waals surface area contributed by atoms with E-state index in [0.717, 1.165) is 29.7 Å². The van der Waals surface area contributed by atoms with Gasteiger partial charge in [0.2, 0.25) is 0 Å². The lowest BCUT2D eigenvalue weighted by Crippen LogP contribution is -2.19. The number of amides is 2. The number of carbonyl (C=O) groups is 2. The van der Waals surface area contributed by atoms with E-state index in [1.807, 2.05) is 0 Å². The molecule has 0 unspecified atom stereocenters. The van der Waals surface area contributed by atoms with Crippen LogP contribution in [0.15, 0.2) is 28.8 Å². The van der Waals surface area contributed by atoms with Crippen LogP contribution in [0.1, 0.15) is 44.6 Å². The van der Waals surface area contributed by atoms with Crippen molar-refractivity contribution in [3.63, 3.8) is 0 Å². The van der Waals surface area contributed by atoms with E-state index in [1.165, 1.54) is 17.4 Å². The minimum Gasteiger partial charge on any atom is -0.497 e. The highest BCUT2D eigenvalue weighted by Gasteiger charge is 2.28. The van der Waals surface area contributed by atoms with Gasteiger partial charge in [0, 0.05) is 10.9 Å². The van der Waals surface area contributed by atoms with Crippen LogP contribution in [0.2, 0.25) is 0 Å². The molecule has 0 radical (unpaired) electrons.